The fourth-order valence-corrected chi connectivity index (χ4v) is 0.842. The van der Waals surface area contributed by atoms with Crippen molar-refractivity contribution in [3.63, 3.8) is 0 Å². The molecule has 0 aliphatic carbocycles. The summed E-state index contributed by atoms with van der Waals surface area (Å²) in [6.45, 7) is 9.41. The van der Waals surface area contributed by atoms with Gasteiger partial charge in [-0.2, -0.15) is 0 Å². The molecule has 0 bridgehead atoms. The first-order valence-corrected chi connectivity index (χ1v) is 5.03. The van der Waals surface area contributed by atoms with E-state index in [4.69, 9.17) is 4.74 Å². The predicted octanol–water partition coefficient (Wildman–Crippen LogP) is 1.57. The highest BCUT2D eigenvalue weighted by Gasteiger charge is 2.15. The fraction of sp³-hybridized carbons (Fsp3) is 0.900. The van der Waals surface area contributed by atoms with Crippen molar-refractivity contribution in [1.82, 2.24) is 5.32 Å². The van der Waals surface area contributed by atoms with Crippen molar-refractivity contribution in [2.75, 3.05) is 13.1 Å². The van der Waals surface area contributed by atoms with Crippen LogP contribution in [0.4, 0.5) is 0 Å². The van der Waals surface area contributed by atoms with Crippen molar-refractivity contribution >= 4 is 5.97 Å². The first-order valence-electron chi connectivity index (χ1n) is 5.03. The highest BCUT2D eigenvalue weighted by Crippen LogP contribution is 2.03. The van der Waals surface area contributed by atoms with E-state index < -0.39 is 0 Å². The molecule has 0 saturated heterocycles. The zero-order valence-electron chi connectivity index (χ0n) is 9.09. The van der Waals surface area contributed by atoms with Gasteiger partial charge in [-0.25, -0.2) is 0 Å². The Labute approximate surface area is 80.8 Å². The van der Waals surface area contributed by atoms with E-state index >= 15 is 0 Å². The van der Waals surface area contributed by atoms with Crippen LogP contribution in [0.1, 0.15) is 34.1 Å². The Morgan fingerprint density at radius 2 is 2.00 bits per heavy atom. The van der Waals surface area contributed by atoms with Gasteiger partial charge < -0.3 is 10.1 Å². The summed E-state index contributed by atoms with van der Waals surface area (Å²) in [6.07, 6.45) is 0.913. The summed E-state index contributed by atoms with van der Waals surface area (Å²) < 4.78 is 5.18. The molecule has 13 heavy (non-hydrogen) atoms. The average Bonchev–Trinajstić information content (AvgIpc) is 2.13. The highest BCUT2D eigenvalue weighted by molar-refractivity contribution is 5.72. The number of rotatable bonds is 6. The minimum atomic E-state index is -0.102. The van der Waals surface area contributed by atoms with Crippen molar-refractivity contribution in [3.05, 3.63) is 0 Å². The van der Waals surface area contributed by atoms with E-state index in [0.29, 0.717) is 6.54 Å². The zero-order chi connectivity index (χ0) is 10.3. The summed E-state index contributed by atoms with van der Waals surface area (Å²) in [4.78, 5) is 11.4. The van der Waals surface area contributed by atoms with Crippen LogP contribution in [-0.4, -0.2) is 25.2 Å². The molecule has 0 heterocycles. The molecular formula is C10H21NO2. The fourth-order valence-electron chi connectivity index (χ4n) is 0.842. The van der Waals surface area contributed by atoms with Crippen LogP contribution < -0.4 is 5.32 Å². The molecule has 78 valence electrons. The molecule has 3 nitrogen and oxygen atoms in total. The van der Waals surface area contributed by atoms with Gasteiger partial charge in [0.25, 0.3) is 0 Å². The van der Waals surface area contributed by atoms with Crippen LogP contribution in [0.3, 0.4) is 0 Å². The number of nitrogens with one attached hydrogen (secondary N) is 1. The first kappa shape index (κ1) is 12.4. The van der Waals surface area contributed by atoms with Gasteiger partial charge in [-0.3, -0.25) is 4.79 Å². The highest BCUT2D eigenvalue weighted by atomic mass is 16.5. The topological polar surface area (TPSA) is 38.3 Å². The Hall–Kier alpha value is -0.570. The van der Waals surface area contributed by atoms with E-state index in [1.54, 1.807) is 0 Å². The van der Waals surface area contributed by atoms with Gasteiger partial charge in [0.05, 0.1) is 12.0 Å². The van der Waals surface area contributed by atoms with E-state index in [-0.39, 0.29) is 18.0 Å². The summed E-state index contributed by atoms with van der Waals surface area (Å²) in [5.41, 5.74) is 0. The molecule has 1 N–H and O–H groups in total. The number of carbonyl (C=O) groups is 1. The maximum absolute atomic E-state index is 11.4. The van der Waals surface area contributed by atoms with Gasteiger partial charge >= 0.3 is 5.97 Å². The molecule has 0 fully saturated rings. The van der Waals surface area contributed by atoms with Crippen molar-refractivity contribution in [2.45, 2.75) is 40.2 Å². The second-order valence-corrected chi connectivity index (χ2v) is 3.36. The van der Waals surface area contributed by atoms with Crippen LogP contribution in [-0.2, 0) is 9.53 Å². The molecule has 0 spiro atoms. The van der Waals surface area contributed by atoms with E-state index in [0.717, 1.165) is 13.0 Å². The number of hydrogen-bond donors (Lipinski definition) is 1. The molecule has 2 unspecified atom stereocenters. The molecule has 0 radical (unpaired) electrons. The zero-order valence-corrected chi connectivity index (χ0v) is 9.09. The Kier molecular flexibility index (Phi) is 6.59. The number of ether oxygens (including phenoxy) is 1. The van der Waals surface area contributed by atoms with E-state index in [9.17, 15) is 4.79 Å². The van der Waals surface area contributed by atoms with Crippen LogP contribution in [0.25, 0.3) is 0 Å². The van der Waals surface area contributed by atoms with E-state index in [1.165, 1.54) is 0 Å². The van der Waals surface area contributed by atoms with Crippen LogP contribution in [0, 0.1) is 5.92 Å². The summed E-state index contributed by atoms with van der Waals surface area (Å²) in [5.74, 6) is -0.149. The molecule has 0 aliphatic heterocycles. The summed E-state index contributed by atoms with van der Waals surface area (Å²) >= 11 is 0. The summed E-state index contributed by atoms with van der Waals surface area (Å²) in [7, 11) is 0. The van der Waals surface area contributed by atoms with Gasteiger partial charge in [-0.05, 0) is 19.9 Å². The Balaban J connectivity index is 3.68. The minimum absolute atomic E-state index is 0.0385. The van der Waals surface area contributed by atoms with Gasteiger partial charge in [-0.15, -0.1) is 0 Å². The number of hydrogen-bond acceptors (Lipinski definition) is 3. The van der Waals surface area contributed by atoms with Gasteiger partial charge in [-0.1, -0.05) is 20.8 Å². The van der Waals surface area contributed by atoms with Crippen molar-refractivity contribution in [2.24, 2.45) is 5.92 Å². The lowest BCUT2D eigenvalue weighted by atomic mass is 10.2. The van der Waals surface area contributed by atoms with Gasteiger partial charge in [0.1, 0.15) is 0 Å². The molecule has 0 saturated carbocycles. The number of carbonyl (C=O) groups excluding carboxylic acids is 1. The van der Waals surface area contributed by atoms with Crippen molar-refractivity contribution < 1.29 is 9.53 Å². The Bertz CT molecular complexity index is 148. The van der Waals surface area contributed by atoms with Gasteiger partial charge in [0, 0.05) is 6.54 Å². The molecule has 3 heteroatoms. The van der Waals surface area contributed by atoms with Gasteiger partial charge in [0.2, 0.25) is 0 Å². The molecule has 0 aromatic rings. The van der Waals surface area contributed by atoms with Crippen LogP contribution in [0.2, 0.25) is 0 Å². The summed E-state index contributed by atoms with van der Waals surface area (Å²) in [5, 5.41) is 3.12. The van der Waals surface area contributed by atoms with Gasteiger partial charge in [0.15, 0.2) is 0 Å². The second kappa shape index (κ2) is 6.89. The van der Waals surface area contributed by atoms with E-state index in [1.807, 2.05) is 27.7 Å². The molecule has 0 amide bonds. The Morgan fingerprint density at radius 3 is 2.46 bits per heavy atom. The van der Waals surface area contributed by atoms with Crippen LogP contribution in [0.5, 0.6) is 0 Å². The third kappa shape index (κ3) is 5.64. The average molecular weight is 187 g/mol. The maximum atomic E-state index is 11.4. The molecule has 0 aromatic carbocycles. The first-order chi connectivity index (χ1) is 6.11. The normalized spacial score (nSPS) is 15.1. The lowest BCUT2D eigenvalue weighted by molar-refractivity contribution is -0.152. The predicted molar refractivity (Wildman–Crippen MR) is 53.6 cm³/mol. The molecular weight excluding hydrogens is 166 g/mol. The second-order valence-electron chi connectivity index (χ2n) is 3.36. The van der Waals surface area contributed by atoms with Crippen molar-refractivity contribution in [3.8, 4) is 0 Å². The van der Waals surface area contributed by atoms with E-state index in [2.05, 4.69) is 5.32 Å². The quantitative estimate of drug-likeness (QED) is 0.641. The lowest BCUT2D eigenvalue weighted by Gasteiger charge is -2.15. The summed E-state index contributed by atoms with van der Waals surface area (Å²) in [6, 6.07) is 0. The molecule has 0 rings (SSSR count). The third-order valence-electron chi connectivity index (χ3n) is 2.00. The maximum Gasteiger partial charge on any atom is 0.310 e. The minimum Gasteiger partial charge on any atom is -0.462 e. The smallest absolute Gasteiger partial charge is 0.310 e. The monoisotopic (exact) mass is 187 g/mol. The Morgan fingerprint density at radius 1 is 1.38 bits per heavy atom. The SMILES string of the molecule is CCNCC(C)C(=O)OC(C)CC. The molecule has 0 aliphatic rings. The molecule has 0 aromatic heterocycles. The largest absolute Gasteiger partial charge is 0.462 e. The third-order valence-corrected chi connectivity index (χ3v) is 2.00. The van der Waals surface area contributed by atoms with Crippen LogP contribution in [0.15, 0.2) is 0 Å². The standard InChI is InChI=1S/C10H21NO2/c1-5-9(4)13-10(12)8(3)7-11-6-2/h8-9,11H,5-7H2,1-4H3. The molecule has 2 atom stereocenters. The van der Waals surface area contributed by atoms with Crippen molar-refractivity contribution in [1.29, 1.82) is 0 Å². The lowest BCUT2D eigenvalue weighted by Crippen LogP contribution is -2.29. The van der Waals surface area contributed by atoms with Crippen LogP contribution >= 0.6 is 0 Å². The number of esters is 1.